The molecule has 6 nitrogen and oxygen atoms in total. The van der Waals surface area contributed by atoms with Gasteiger partial charge in [0, 0.05) is 19.1 Å². The van der Waals surface area contributed by atoms with Gasteiger partial charge in [0.15, 0.2) is 5.78 Å². The van der Waals surface area contributed by atoms with Gasteiger partial charge in [0.2, 0.25) is 0 Å². The Hall–Kier alpha value is -3.02. The Morgan fingerprint density at radius 1 is 1.22 bits per heavy atom. The zero-order valence-corrected chi connectivity index (χ0v) is 12.3. The Bertz CT molecular complexity index is 778. The molecule has 1 heterocycles. The van der Waals surface area contributed by atoms with Gasteiger partial charge >= 0.3 is 5.97 Å². The number of phenols is 2. The van der Waals surface area contributed by atoms with Gasteiger partial charge in [-0.3, -0.25) is 9.59 Å². The molecular formula is C17H14O6. The number of fused-ring (bicyclic) bond motifs is 1. The zero-order valence-electron chi connectivity index (χ0n) is 12.3. The lowest BCUT2D eigenvalue weighted by molar-refractivity contribution is -0.131. The van der Waals surface area contributed by atoms with Gasteiger partial charge in [-0.25, -0.2) is 0 Å². The summed E-state index contributed by atoms with van der Waals surface area (Å²) in [7, 11) is 0. The van der Waals surface area contributed by atoms with E-state index in [0.29, 0.717) is 5.75 Å². The highest BCUT2D eigenvalue weighted by molar-refractivity contribution is 6.02. The van der Waals surface area contributed by atoms with Gasteiger partial charge in [-0.15, -0.1) is 0 Å². The second kappa shape index (κ2) is 5.64. The summed E-state index contributed by atoms with van der Waals surface area (Å²) in [5.74, 6) is -0.611. The largest absolute Gasteiger partial charge is 0.508 e. The lowest BCUT2D eigenvalue weighted by Gasteiger charge is -2.26. The van der Waals surface area contributed by atoms with Crippen molar-refractivity contribution < 1.29 is 29.3 Å². The van der Waals surface area contributed by atoms with Gasteiger partial charge in [0.25, 0.3) is 0 Å². The van der Waals surface area contributed by atoms with E-state index in [-0.39, 0.29) is 35.0 Å². The summed E-state index contributed by atoms with van der Waals surface area (Å²) in [6, 6.07) is 9.02. The molecule has 1 atom stereocenters. The first kappa shape index (κ1) is 14.9. The summed E-state index contributed by atoms with van der Waals surface area (Å²) < 4.78 is 10.7. The minimum Gasteiger partial charge on any atom is -0.508 e. The molecule has 0 spiro atoms. The number of hydrogen-bond acceptors (Lipinski definition) is 6. The molecule has 3 rings (SSSR count). The molecule has 0 radical (unpaired) electrons. The second-order valence-electron chi connectivity index (χ2n) is 5.23. The molecule has 1 aliphatic rings. The number of esters is 1. The Morgan fingerprint density at radius 2 is 1.91 bits per heavy atom. The number of carbonyl (C=O) groups is 2. The van der Waals surface area contributed by atoms with E-state index in [1.807, 2.05) is 0 Å². The van der Waals surface area contributed by atoms with Crippen molar-refractivity contribution in [2.24, 2.45) is 0 Å². The number of Topliss-reactive ketones (excluding diaryl/α,β-unsaturated/α-hetero) is 1. The maximum atomic E-state index is 12.2. The van der Waals surface area contributed by atoms with Crippen molar-refractivity contribution in [2.45, 2.75) is 19.4 Å². The quantitative estimate of drug-likeness (QED) is 0.654. The van der Waals surface area contributed by atoms with Crippen LogP contribution in [0.15, 0.2) is 36.4 Å². The highest BCUT2D eigenvalue weighted by atomic mass is 16.5. The predicted octanol–water partition coefficient (Wildman–Crippen LogP) is 2.73. The topological polar surface area (TPSA) is 93.1 Å². The Balaban J connectivity index is 1.88. The highest BCUT2D eigenvalue weighted by Gasteiger charge is 2.30. The van der Waals surface area contributed by atoms with Crippen LogP contribution in [0, 0.1) is 0 Å². The van der Waals surface area contributed by atoms with Crippen LogP contribution in [0.3, 0.4) is 0 Å². The third-order valence-corrected chi connectivity index (χ3v) is 3.50. The lowest BCUT2D eigenvalue weighted by Crippen LogP contribution is -2.20. The SMILES string of the molecule is CC(=O)Oc1ccc(C2CC(=O)c3c(O)cc(O)cc3O2)cc1. The molecule has 2 aromatic rings. The van der Waals surface area contributed by atoms with Crippen molar-refractivity contribution in [2.75, 3.05) is 0 Å². The molecule has 23 heavy (non-hydrogen) atoms. The summed E-state index contributed by atoms with van der Waals surface area (Å²) in [6.07, 6.45) is -0.472. The molecule has 0 aromatic heterocycles. The van der Waals surface area contributed by atoms with Crippen molar-refractivity contribution in [1.29, 1.82) is 0 Å². The standard InChI is InChI=1S/C17H14O6/c1-9(18)22-12-4-2-10(3-5-12)15-8-14(21)17-13(20)6-11(19)7-16(17)23-15/h2-7,15,19-20H,8H2,1H3. The molecule has 1 unspecified atom stereocenters. The number of ketones is 1. The number of aromatic hydroxyl groups is 2. The molecule has 0 saturated carbocycles. The molecule has 2 N–H and O–H groups in total. The average Bonchev–Trinajstić information content (AvgIpc) is 2.46. The van der Waals surface area contributed by atoms with E-state index in [1.165, 1.54) is 13.0 Å². The molecular weight excluding hydrogens is 300 g/mol. The fraction of sp³-hybridized carbons (Fsp3) is 0.176. The van der Waals surface area contributed by atoms with Crippen LogP contribution >= 0.6 is 0 Å². The smallest absolute Gasteiger partial charge is 0.308 e. The fourth-order valence-electron chi connectivity index (χ4n) is 2.53. The first-order valence-corrected chi connectivity index (χ1v) is 6.98. The van der Waals surface area contributed by atoms with Crippen molar-refractivity contribution in [3.63, 3.8) is 0 Å². The highest BCUT2D eigenvalue weighted by Crippen LogP contribution is 2.41. The van der Waals surface area contributed by atoms with Crippen molar-refractivity contribution >= 4 is 11.8 Å². The van der Waals surface area contributed by atoms with Crippen LogP contribution in [0.5, 0.6) is 23.0 Å². The van der Waals surface area contributed by atoms with Crippen molar-refractivity contribution in [3.05, 3.63) is 47.5 Å². The third-order valence-electron chi connectivity index (χ3n) is 3.50. The number of phenolic OH excluding ortho intramolecular Hbond substituents is 2. The van der Waals surface area contributed by atoms with E-state index in [4.69, 9.17) is 9.47 Å². The Morgan fingerprint density at radius 3 is 2.57 bits per heavy atom. The number of carbonyl (C=O) groups excluding carboxylic acids is 2. The molecule has 0 bridgehead atoms. The Labute approximate surface area is 131 Å². The van der Waals surface area contributed by atoms with Crippen LogP contribution in [-0.4, -0.2) is 22.0 Å². The van der Waals surface area contributed by atoms with E-state index in [2.05, 4.69) is 0 Å². The summed E-state index contributed by atoms with van der Waals surface area (Å²) in [6.45, 7) is 1.31. The molecule has 6 heteroatoms. The minimum atomic E-state index is -0.539. The second-order valence-corrected chi connectivity index (χ2v) is 5.23. The summed E-state index contributed by atoms with van der Waals surface area (Å²) in [4.78, 5) is 23.1. The molecule has 0 fully saturated rings. The summed E-state index contributed by atoms with van der Waals surface area (Å²) in [5, 5.41) is 19.3. The van der Waals surface area contributed by atoms with Gasteiger partial charge < -0.3 is 19.7 Å². The number of hydrogen-bond donors (Lipinski definition) is 2. The first-order chi connectivity index (χ1) is 10.9. The molecule has 0 aliphatic carbocycles. The summed E-state index contributed by atoms with van der Waals surface area (Å²) in [5.41, 5.74) is 0.804. The van der Waals surface area contributed by atoms with Gasteiger partial charge in [-0.2, -0.15) is 0 Å². The van der Waals surface area contributed by atoms with E-state index < -0.39 is 12.1 Å². The first-order valence-electron chi connectivity index (χ1n) is 6.98. The Kier molecular flexibility index (Phi) is 3.65. The lowest BCUT2D eigenvalue weighted by atomic mass is 9.95. The van der Waals surface area contributed by atoms with Crippen LogP contribution in [0.2, 0.25) is 0 Å². The maximum Gasteiger partial charge on any atom is 0.308 e. The van der Waals surface area contributed by atoms with Crippen LogP contribution in [0.25, 0.3) is 0 Å². The number of rotatable bonds is 2. The number of ether oxygens (including phenoxy) is 2. The normalized spacial score (nSPS) is 16.4. The fourth-order valence-corrected chi connectivity index (χ4v) is 2.53. The minimum absolute atomic E-state index is 0.0677. The molecule has 2 aromatic carbocycles. The van der Waals surface area contributed by atoms with Crippen LogP contribution in [0.4, 0.5) is 0 Å². The van der Waals surface area contributed by atoms with E-state index in [0.717, 1.165) is 11.6 Å². The maximum absolute atomic E-state index is 12.2. The number of benzene rings is 2. The molecule has 118 valence electrons. The van der Waals surface area contributed by atoms with E-state index in [1.54, 1.807) is 24.3 Å². The molecule has 0 amide bonds. The van der Waals surface area contributed by atoms with E-state index in [9.17, 15) is 19.8 Å². The monoisotopic (exact) mass is 314 g/mol. The van der Waals surface area contributed by atoms with Gasteiger partial charge in [0.1, 0.15) is 34.7 Å². The van der Waals surface area contributed by atoms with Gasteiger partial charge in [-0.1, -0.05) is 12.1 Å². The molecule has 1 aliphatic heterocycles. The van der Waals surface area contributed by atoms with Gasteiger partial charge in [-0.05, 0) is 17.7 Å². The van der Waals surface area contributed by atoms with Crippen LogP contribution < -0.4 is 9.47 Å². The molecule has 0 saturated heterocycles. The van der Waals surface area contributed by atoms with Crippen molar-refractivity contribution in [1.82, 2.24) is 0 Å². The van der Waals surface area contributed by atoms with Crippen molar-refractivity contribution in [3.8, 4) is 23.0 Å². The van der Waals surface area contributed by atoms with Gasteiger partial charge in [0.05, 0.1) is 6.42 Å². The third kappa shape index (κ3) is 2.96. The summed E-state index contributed by atoms with van der Waals surface area (Å²) >= 11 is 0. The van der Waals surface area contributed by atoms with Crippen LogP contribution in [0.1, 0.15) is 35.4 Å². The zero-order chi connectivity index (χ0) is 16.6. The van der Waals surface area contributed by atoms with Crippen LogP contribution in [-0.2, 0) is 4.79 Å². The average molecular weight is 314 g/mol. The predicted molar refractivity (Wildman–Crippen MR) is 79.8 cm³/mol. The van der Waals surface area contributed by atoms with E-state index >= 15 is 0 Å².